The molecule has 0 radical (unpaired) electrons. The normalized spacial score (nSPS) is 21.9. The van der Waals surface area contributed by atoms with Crippen molar-refractivity contribution in [1.82, 2.24) is 9.80 Å². The zero-order valence-corrected chi connectivity index (χ0v) is 12.0. The van der Waals surface area contributed by atoms with Crippen LogP contribution in [0.2, 0.25) is 0 Å². The Hall–Kier alpha value is -0.570. The summed E-state index contributed by atoms with van der Waals surface area (Å²) in [6.45, 7) is 8.24. The molecule has 2 aliphatic rings. The zero-order chi connectivity index (χ0) is 13.0. The van der Waals surface area contributed by atoms with E-state index in [1.807, 2.05) is 0 Å². The second-order valence-electron chi connectivity index (χ2n) is 6.36. The lowest BCUT2D eigenvalue weighted by Gasteiger charge is -2.28. The third-order valence-electron chi connectivity index (χ3n) is 3.93. The largest absolute Gasteiger partial charge is 0.338 e. The van der Waals surface area contributed by atoms with Crippen LogP contribution in [0.1, 0.15) is 52.4 Å². The summed E-state index contributed by atoms with van der Waals surface area (Å²) < 4.78 is 0. The van der Waals surface area contributed by atoms with Gasteiger partial charge in [0.15, 0.2) is 0 Å². The van der Waals surface area contributed by atoms with Crippen LogP contribution < -0.4 is 0 Å². The van der Waals surface area contributed by atoms with Crippen LogP contribution in [0.15, 0.2) is 0 Å². The van der Waals surface area contributed by atoms with E-state index >= 15 is 0 Å². The van der Waals surface area contributed by atoms with E-state index < -0.39 is 0 Å². The second-order valence-corrected chi connectivity index (χ2v) is 6.36. The molecule has 1 saturated carbocycles. The van der Waals surface area contributed by atoms with Crippen molar-refractivity contribution in [1.29, 1.82) is 0 Å². The Morgan fingerprint density at radius 2 is 1.78 bits per heavy atom. The highest BCUT2D eigenvalue weighted by atomic mass is 16.2. The molecule has 2 rings (SSSR count). The molecule has 1 amide bonds. The first-order chi connectivity index (χ1) is 8.66. The molecule has 3 nitrogen and oxygen atoms in total. The molecule has 1 saturated heterocycles. The molecule has 0 N–H and O–H groups in total. The predicted molar refractivity (Wildman–Crippen MR) is 74.5 cm³/mol. The van der Waals surface area contributed by atoms with Crippen LogP contribution in [0.5, 0.6) is 0 Å². The van der Waals surface area contributed by atoms with Gasteiger partial charge in [0.2, 0.25) is 5.91 Å². The van der Waals surface area contributed by atoms with Gasteiger partial charge in [-0.3, -0.25) is 9.69 Å². The number of carbonyl (C=O) groups is 1. The molecule has 0 aromatic rings. The van der Waals surface area contributed by atoms with Gasteiger partial charge < -0.3 is 4.90 Å². The number of rotatable bonds is 5. The molecule has 1 aliphatic carbocycles. The first-order valence-electron chi connectivity index (χ1n) is 7.68. The van der Waals surface area contributed by atoms with Crippen LogP contribution in [0.4, 0.5) is 0 Å². The molecule has 2 fully saturated rings. The third kappa shape index (κ3) is 4.27. The SMILES string of the molecule is CC(C)CN(C(=O)CN1CCCCCC1)C1CC1. The number of carbonyl (C=O) groups excluding carboxylic acids is 1. The fourth-order valence-electron chi connectivity index (χ4n) is 2.81. The fourth-order valence-corrected chi connectivity index (χ4v) is 2.81. The van der Waals surface area contributed by atoms with Crippen molar-refractivity contribution in [2.75, 3.05) is 26.2 Å². The minimum Gasteiger partial charge on any atom is -0.338 e. The van der Waals surface area contributed by atoms with E-state index in [9.17, 15) is 4.79 Å². The van der Waals surface area contributed by atoms with Crippen molar-refractivity contribution < 1.29 is 4.79 Å². The van der Waals surface area contributed by atoms with Crippen molar-refractivity contribution >= 4 is 5.91 Å². The maximum atomic E-state index is 12.4. The van der Waals surface area contributed by atoms with Crippen molar-refractivity contribution in [2.45, 2.75) is 58.4 Å². The highest BCUT2D eigenvalue weighted by Gasteiger charge is 2.33. The van der Waals surface area contributed by atoms with E-state index in [1.54, 1.807) is 0 Å². The second kappa shape index (κ2) is 6.55. The Bertz CT molecular complexity index is 266. The van der Waals surface area contributed by atoms with E-state index in [2.05, 4.69) is 23.6 Å². The summed E-state index contributed by atoms with van der Waals surface area (Å²) in [5.74, 6) is 0.951. The maximum absolute atomic E-state index is 12.4. The smallest absolute Gasteiger partial charge is 0.237 e. The van der Waals surface area contributed by atoms with Crippen LogP contribution in [0.3, 0.4) is 0 Å². The highest BCUT2D eigenvalue weighted by Crippen LogP contribution is 2.27. The lowest BCUT2D eigenvalue weighted by molar-refractivity contribution is -0.133. The molecule has 104 valence electrons. The maximum Gasteiger partial charge on any atom is 0.237 e. The average Bonchev–Trinajstić information content (AvgIpc) is 3.13. The summed E-state index contributed by atoms with van der Waals surface area (Å²) in [5.41, 5.74) is 0. The predicted octanol–water partition coefficient (Wildman–Crippen LogP) is 2.51. The number of hydrogen-bond donors (Lipinski definition) is 0. The third-order valence-corrected chi connectivity index (χ3v) is 3.93. The van der Waals surface area contributed by atoms with Gasteiger partial charge in [-0.2, -0.15) is 0 Å². The van der Waals surface area contributed by atoms with E-state index in [1.165, 1.54) is 38.5 Å². The molecule has 0 aromatic carbocycles. The van der Waals surface area contributed by atoms with Gasteiger partial charge in [0, 0.05) is 12.6 Å². The topological polar surface area (TPSA) is 23.6 Å². The number of likely N-dealkylation sites (tertiary alicyclic amines) is 1. The van der Waals surface area contributed by atoms with Gasteiger partial charge in [0.1, 0.15) is 0 Å². The Morgan fingerprint density at radius 3 is 2.28 bits per heavy atom. The molecule has 0 spiro atoms. The molecule has 1 aliphatic heterocycles. The zero-order valence-electron chi connectivity index (χ0n) is 12.0. The molecule has 1 heterocycles. The van der Waals surface area contributed by atoms with Crippen molar-refractivity contribution in [3.8, 4) is 0 Å². The minimum atomic E-state index is 0.369. The van der Waals surface area contributed by atoms with Crippen LogP contribution in [-0.4, -0.2) is 47.9 Å². The Balaban J connectivity index is 1.83. The summed E-state index contributed by atoms with van der Waals surface area (Å²) in [4.78, 5) is 16.9. The van der Waals surface area contributed by atoms with E-state index in [0.29, 0.717) is 24.4 Å². The van der Waals surface area contributed by atoms with Crippen molar-refractivity contribution in [3.05, 3.63) is 0 Å². The quantitative estimate of drug-likeness (QED) is 0.750. The standard InChI is InChI=1S/C15H28N2O/c1-13(2)11-17(14-7-8-14)15(18)12-16-9-5-3-4-6-10-16/h13-14H,3-12H2,1-2H3. The summed E-state index contributed by atoms with van der Waals surface area (Å²) in [6.07, 6.45) is 7.64. The Morgan fingerprint density at radius 1 is 1.17 bits per heavy atom. The van der Waals surface area contributed by atoms with Crippen LogP contribution in [0, 0.1) is 5.92 Å². The summed E-state index contributed by atoms with van der Waals surface area (Å²) in [7, 11) is 0. The molecule has 3 heteroatoms. The number of nitrogens with zero attached hydrogens (tertiary/aromatic N) is 2. The molecular weight excluding hydrogens is 224 g/mol. The van der Waals surface area contributed by atoms with Gasteiger partial charge in [-0.05, 0) is 44.7 Å². The lowest BCUT2D eigenvalue weighted by Crippen LogP contribution is -2.43. The van der Waals surface area contributed by atoms with Gasteiger partial charge in [0.25, 0.3) is 0 Å². The van der Waals surface area contributed by atoms with Crippen LogP contribution in [-0.2, 0) is 4.79 Å². The molecule has 0 aromatic heterocycles. The van der Waals surface area contributed by atoms with Gasteiger partial charge in [-0.25, -0.2) is 0 Å². The molecule has 0 unspecified atom stereocenters. The lowest BCUT2D eigenvalue weighted by atomic mass is 10.2. The summed E-state index contributed by atoms with van der Waals surface area (Å²) in [6, 6.07) is 0.562. The van der Waals surface area contributed by atoms with E-state index in [4.69, 9.17) is 0 Å². The fraction of sp³-hybridized carbons (Fsp3) is 0.933. The van der Waals surface area contributed by atoms with Gasteiger partial charge in [-0.15, -0.1) is 0 Å². The van der Waals surface area contributed by atoms with Crippen molar-refractivity contribution in [2.24, 2.45) is 5.92 Å². The van der Waals surface area contributed by atoms with Gasteiger partial charge in [0.05, 0.1) is 6.54 Å². The van der Waals surface area contributed by atoms with Gasteiger partial charge in [-0.1, -0.05) is 26.7 Å². The summed E-state index contributed by atoms with van der Waals surface area (Å²) >= 11 is 0. The molecule has 0 atom stereocenters. The Kier molecular flexibility index (Phi) is 5.04. The van der Waals surface area contributed by atoms with Crippen LogP contribution in [0.25, 0.3) is 0 Å². The highest BCUT2D eigenvalue weighted by molar-refractivity contribution is 5.79. The molecular formula is C15H28N2O. The van der Waals surface area contributed by atoms with Gasteiger partial charge >= 0.3 is 0 Å². The molecule has 18 heavy (non-hydrogen) atoms. The summed E-state index contributed by atoms with van der Waals surface area (Å²) in [5, 5.41) is 0. The van der Waals surface area contributed by atoms with E-state index in [-0.39, 0.29) is 0 Å². The van der Waals surface area contributed by atoms with E-state index in [0.717, 1.165) is 19.6 Å². The first kappa shape index (κ1) is 13.9. The Labute approximate surface area is 112 Å². The number of amides is 1. The van der Waals surface area contributed by atoms with Crippen molar-refractivity contribution in [3.63, 3.8) is 0 Å². The average molecular weight is 252 g/mol. The monoisotopic (exact) mass is 252 g/mol. The van der Waals surface area contributed by atoms with Crippen LogP contribution >= 0.6 is 0 Å². The minimum absolute atomic E-state index is 0.369. The number of hydrogen-bond acceptors (Lipinski definition) is 2. The molecule has 0 bridgehead atoms. The first-order valence-corrected chi connectivity index (χ1v) is 7.68.